The number of nitrogens with one attached hydrogen (secondary N) is 1. The second-order valence-electron chi connectivity index (χ2n) is 5.77. The smallest absolute Gasteiger partial charge is 0.0834 e. The number of hydrogen-bond acceptors (Lipinski definition) is 3. The fourth-order valence-corrected chi connectivity index (χ4v) is 2.45. The van der Waals surface area contributed by atoms with E-state index in [0.717, 1.165) is 23.8 Å². The van der Waals surface area contributed by atoms with Crippen molar-refractivity contribution in [3.63, 3.8) is 0 Å². The lowest BCUT2D eigenvalue weighted by atomic mass is 9.88. The maximum Gasteiger partial charge on any atom is 0.0834 e. The Hall–Kier alpha value is -0.580. The third-order valence-corrected chi connectivity index (χ3v) is 4.07. The van der Waals surface area contributed by atoms with Crippen molar-refractivity contribution >= 4 is 11.6 Å². The topological polar surface area (TPSA) is 33.1 Å². The summed E-state index contributed by atoms with van der Waals surface area (Å²) in [5, 5.41) is 8.57. The summed E-state index contributed by atoms with van der Waals surface area (Å²) in [5.74, 6) is 1.09. The van der Waals surface area contributed by atoms with Gasteiger partial charge in [0.15, 0.2) is 0 Å². The van der Waals surface area contributed by atoms with Crippen LogP contribution >= 0.6 is 11.6 Å². The summed E-state index contributed by atoms with van der Waals surface area (Å²) >= 11 is 6.35. The molecule has 1 rings (SSSR count). The molecule has 2 unspecified atom stereocenters. The van der Waals surface area contributed by atoms with Gasteiger partial charge in [-0.05, 0) is 33.0 Å². The SMILES string of the molecule is CNC(c1c(Cl)cnn1CCN(C)C)C(C)C(C)C. The molecule has 0 aliphatic rings. The fraction of sp³-hybridized carbons (Fsp3) is 0.786. The van der Waals surface area contributed by atoms with Crippen LogP contribution in [-0.4, -0.2) is 42.4 Å². The van der Waals surface area contributed by atoms with Crippen molar-refractivity contribution in [2.24, 2.45) is 11.8 Å². The first-order valence-corrected chi connectivity index (χ1v) is 7.29. The number of hydrogen-bond donors (Lipinski definition) is 1. The van der Waals surface area contributed by atoms with Crippen LogP contribution < -0.4 is 5.32 Å². The molecule has 1 N–H and O–H groups in total. The molecule has 19 heavy (non-hydrogen) atoms. The lowest BCUT2D eigenvalue weighted by Crippen LogP contribution is -2.30. The number of aromatic nitrogens is 2. The van der Waals surface area contributed by atoms with Gasteiger partial charge in [0.05, 0.1) is 29.5 Å². The highest BCUT2D eigenvalue weighted by Crippen LogP contribution is 2.31. The average Bonchev–Trinajstić information content (AvgIpc) is 2.69. The minimum absolute atomic E-state index is 0.233. The summed E-state index contributed by atoms with van der Waals surface area (Å²) < 4.78 is 2.03. The lowest BCUT2D eigenvalue weighted by Gasteiger charge is -2.28. The molecule has 0 radical (unpaired) electrons. The Kier molecular flexibility index (Phi) is 6.30. The number of rotatable bonds is 7. The van der Waals surface area contributed by atoms with Crippen molar-refractivity contribution in [1.29, 1.82) is 0 Å². The highest BCUT2D eigenvalue weighted by molar-refractivity contribution is 6.31. The predicted molar refractivity (Wildman–Crippen MR) is 81.6 cm³/mol. The van der Waals surface area contributed by atoms with Crippen LogP contribution in [0.2, 0.25) is 5.02 Å². The third kappa shape index (κ3) is 4.20. The van der Waals surface area contributed by atoms with Crippen LogP contribution in [0, 0.1) is 11.8 Å². The van der Waals surface area contributed by atoms with E-state index in [1.807, 2.05) is 11.7 Å². The van der Waals surface area contributed by atoms with Crippen LogP contribution in [0.15, 0.2) is 6.20 Å². The fourth-order valence-electron chi connectivity index (χ4n) is 2.19. The molecule has 0 aliphatic heterocycles. The van der Waals surface area contributed by atoms with Gasteiger partial charge in [0.2, 0.25) is 0 Å². The molecule has 110 valence electrons. The largest absolute Gasteiger partial charge is 0.311 e. The minimum Gasteiger partial charge on any atom is -0.311 e. The first kappa shape index (κ1) is 16.5. The van der Waals surface area contributed by atoms with Gasteiger partial charge in [-0.2, -0.15) is 5.10 Å². The lowest BCUT2D eigenvalue weighted by molar-refractivity contribution is 0.295. The van der Waals surface area contributed by atoms with Crippen molar-refractivity contribution < 1.29 is 0 Å². The van der Waals surface area contributed by atoms with E-state index < -0.39 is 0 Å². The van der Waals surface area contributed by atoms with E-state index >= 15 is 0 Å². The molecule has 4 nitrogen and oxygen atoms in total. The first-order chi connectivity index (χ1) is 8.88. The molecule has 0 amide bonds. The van der Waals surface area contributed by atoms with E-state index in [0.29, 0.717) is 11.8 Å². The van der Waals surface area contributed by atoms with Gasteiger partial charge in [0.25, 0.3) is 0 Å². The molecule has 0 saturated heterocycles. The summed E-state index contributed by atoms with van der Waals surface area (Å²) in [4.78, 5) is 2.15. The molecule has 0 spiro atoms. The van der Waals surface area contributed by atoms with E-state index in [9.17, 15) is 0 Å². The highest BCUT2D eigenvalue weighted by Gasteiger charge is 2.26. The standard InChI is InChI=1S/C14H27ClN4/c1-10(2)11(3)13(16-4)14-12(15)9-17-19(14)8-7-18(5)6/h9-11,13,16H,7-8H2,1-6H3. The zero-order valence-corrected chi connectivity index (χ0v) is 13.7. The first-order valence-electron chi connectivity index (χ1n) is 6.91. The van der Waals surface area contributed by atoms with Gasteiger partial charge in [-0.3, -0.25) is 4.68 Å². The van der Waals surface area contributed by atoms with Gasteiger partial charge in [0, 0.05) is 6.54 Å². The zero-order chi connectivity index (χ0) is 14.6. The van der Waals surface area contributed by atoms with Crippen LogP contribution in [0.3, 0.4) is 0 Å². The zero-order valence-electron chi connectivity index (χ0n) is 12.9. The van der Waals surface area contributed by atoms with Crippen LogP contribution in [0.4, 0.5) is 0 Å². The van der Waals surface area contributed by atoms with E-state index in [4.69, 9.17) is 11.6 Å². The minimum atomic E-state index is 0.233. The van der Waals surface area contributed by atoms with Crippen molar-refractivity contribution in [1.82, 2.24) is 20.0 Å². The normalized spacial score (nSPS) is 15.2. The number of halogens is 1. The summed E-state index contributed by atoms with van der Waals surface area (Å²) in [6.45, 7) is 8.55. The Morgan fingerprint density at radius 2 is 2.00 bits per heavy atom. The molecule has 1 aromatic heterocycles. The predicted octanol–water partition coefficient (Wildman–Crippen LogP) is 2.65. The van der Waals surface area contributed by atoms with Gasteiger partial charge in [-0.1, -0.05) is 32.4 Å². The summed E-state index contributed by atoms with van der Waals surface area (Å²) in [6, 6.07) is 0.233. The molecule has 0 saturated carbocycles. The number of nitrogens with zero attached hydrogens (tertiary/aromatic N) is 3. The Morgan fingerprint density at radius 3 is 2.47 bits per heavy atom. The van der Waals surface area contributed by atoms with Crippen molar-refractivity contribution in [2.75, 3.05) is 27.7 Å². The molecule has 5 heteroatoms. The van der Waals surface area contributed by atoms with Crippen LogP contribution in [0.25, 0.3) is 0 Å². The molecule has 0 fully saturated rings. The Balaban J connectivity index is 2.99. The maximum absolute atomic E-state index is 6.35. The Bertz CT molecular complexity index is 387. The molecule has 1 aromatic rings. The van der Waals surface area contributed by atoms with Gasteiger partial charge in [-0.15, -0.1) is 0 Å². The van der Waals surface area contributed by atoms with Crippen molar-refractivity contribution in [2.45, 2.75) is 33.4 Å². The van der Waals surface area contributed by atoms with Gasteiger partial charge < -0.3 is 10.2 Å². The third-order valence-electron chi connectivity index (χ3n) is 3.78. The highest BCUT2D eigenvalue weighted by atomic mass is 35.5. The number of likely N-dealkylation sites (N-methyl/N-ethyl adjacent to an activating group) is 1. The van der Waals surface area contributed by atoms with Gasteiger partial charge in [-0.25, -0.2) is 0 Å². The van der Waals surface area contributed by atoms with E-state index in [2.05, 4.69) is 50.2 Å². The summed E-state index contributed by atoms with van der Waals surface area (Å²) in [7, 11) is 6.12. The summed E-state index contributed by atoms with van der Waals surface area (Å²) in [6.07, 6.45) is 1.75. The molecule has 1 heterocycles. The molecular formula is C14H27ClN4. The molecule has 0 bridgehead atoms. The second-order valence-corrected chi connectivity index (χ2v) is 6.18. The summed E-state index contributed by atoms with van der Waals surface area (Å²) in [5.41, 5.74) is 1.10. The van der Waals surface area contributed by atoms with E-state index in [1.165, 1.54) is 0 Å². The average molecular weight is 287 g/mol. The van der Waals surface area contributed by atoms with Gasteiger partial charge >= 0.3 is 0 Å². The molecule has 0 aliphatic carbocycles. The van der Waals surface area contributed by atoms with Crippen LogP contribution in [0.5, 0.6) is 0 Å². The van der Waals surface area contributed by atoms with Crippen molar-refractivity contribution in [3.05, 3.63) is 16.9 Å². The molecular weight excluding hydrogens is 260 g/mol. The molecule has 2 atom stereocenters. The van der Waals surface area contributed by atoms with Crippen molar-refractivity contribution in [3.8, 4) is 0 Å². The Morgan fingerprint density at radius 1 is 1.37 bits per heavy atom. The maximum atomic E-state index is 6.35. The van der Waals surface area contributed by atoms with Crippen LogP contribution in [0.1, 0.15) is 32.5 Å². The molecule has 0 aromatic carbocycles. The monoisotopic (exact) mass is 286 g/mol. The second kappa shape index (κ2) is 7.27. The van der Waals surface area contributed by atoms with Gasteiger partial charge in [0.1, 0.15) is 0 Å². The Labute approximate surface area is 122 Å². The van der Waals surface area contributed by atoms with Crippen LogP contribution in [-0.2, 0) is 6.54 Å². The quantitative estimate of drug-likeness (QED) is 0.836. The van der Waals surface area contributed by atoms with E-state index in [-0.39, 0.29) is 6.04 Å². The van der Waals surface area contributed by atoms with E-state index in [1.54, 1.807) is 6.20 Å².